The molecular formula is C23H26ClN5O4. The lowest BCUT2D eigenvalue weighted by Gasteiger charge is -2.14. The molecule has 3 aromatic rings. The first-order valence-corrected chi connectivity index (χ1v) is 11.1. The van der Waals surface area contributed by atoms with Gasteiger partial charge in [0, 0.05) is 43.5 Å². The summed E-state index contributed by atoms with van der Waals surface area (Å²) in [7, 11) is 0. The number of carbonyl (C=O) groups is 2. The minimum Gasteiger partial charge on any atom is -0.352 e. The number of pyridine rings is 1. The Labute approximate surface area is 195 Å². The molecule has 3 rings (SSSR count). The van der Waals surface area contributed by atoms with Gasteiger partial charge < -0.3 is 10.6 Å². The van der Waals surface area contributed by atoms with Crippen LogP contribution in [0, 0.1) is 5.92 Å². The first kappa shape index (κ1) is 24.2. The van der Waals surface area contributed by atoms with E-state index in [-0.39, 0.29) is 47.1 Å². The van der Waals surface area contributed by atoms with Crippen LogP contribution in [-0.4, -0.2) is 32.5 Å². The lowest BCUT2D eigenvalue weighted by Crippen LogP contribution is -2.39. The Morgan fingerprint density at radius 3 is 2.48 bits per heavy atom. The summed E-state index contributed by atoms with van der Waals surface area (Å²) in [5.41, 5.74) is 0.662. The average molecular weight is 472 g/mol. The topological polar surface area (TPSA) is 115 Å². The molecule has 1 atom stereocenters. The third-order valence-electron chi connectivity index (χ3n) is 5.27. The van der Waals surface area contributed by atoms with Crippen molar-refractivity contribution < 1.29 is 9.59 Å². The van der Waals surface area contributed by atoms with Crippen molar-refractivity contribution in [2.45, 2.75) is 40.3 Å². The van der Waals surface area contributed by atoms with Crippen LogP contribution < -0.4 is 21.9 Å². The van der Waals surface area contributed by atoms with E-state index in [1.807, 2.05) is 13.8 Å². The molecule has 2 heterocycles. The highest BCUT2D eigenvalue weighted by Crippen LogP contribution is 2.16. The van der Waals surface area contributed by atoms with E-state index in [4.69, 9.17) is 11.6 Å². The predicted molar refractivity (Wildman–Crippen MR) is 128 cm³/mol. The maximum atomic E-state index is 12.7. The maximum Gasteiger partial charge on any atom is 0.331 e. The Balaban J connectivity index is 1.67. The van der Waals surface area contributed by atoms with Crippen molar-refractivity contribution in [3.05, 3.63) is 68.1 Å². The summed E-state index contributed by atoms with van der Waals surface area (Å²) in [6, 6.07) is 7.95. The van der Waals surface area contributed by atoms with Crippen LogP contribution in [0.2, 0.25) is 5.15 Å². The van der Waals surface area contributed by atoms with E-state index in [2.05, 4.69) is 15.6 Å². The Kier molecular flexibility index (Phi) is 7.65. The zero-order valence-corrected chi connectivity index (χ0v) is 19.5. The number of aryl methyl sites for hydroxylation is 1. The molecule has 9 nitrogen and oxygen atoms in total. The van der Waals surface area contributed by atoms with Crippen molar-refractivity contribution in [3.63, 3.8) is 0 Å². The number of rotatable bonds is 8. The average Bonchev–Trinajstić information content (AvgIpc) is 2.78. The van der Waals surface area contributed by atoms with E-state index in [9.17, 15) is 19.2 Å². The molecule has 0 aliphatic rings. The van der Waals surface area contributed by atoms with Gasteiger partial charge >= 0.3 is 5.69 Å². The van der Waals surface area contributed by atoms with E-state index >= 15 is 0 Å². The van der Waals surface area contributed by atoms with Gasteiger partial charge in [0.2, 0.25) is 5.91 Å². The Morgan fingerprint density at radius 2 is 1.82 bits per heavy atom. The number of fused-ring (bicyclic) bond motifs is 1. The van der Waals surface area contributed by atoms with Crippen LogP contribution in [0.4, 0.5) is 5.69 Å². The number of anilines is 1. The largest absolute Gasteiger partial charge is 0.352 e. The highest BCUT2D eigenvalue weighted by molar-refractivity contribution is 6.29. The number of hydrogen-bond donors (Lipinski definition) is 2. The SMILES string of the molecule is CCn1c(=O)c2cc(NC(=O)CC(C)CNC(=O)c3ccnc(Cl)c3)ccc2n(CC)c1=O. The van der Waals surface area contributed by atoms with E-state index in [0.29, 0.717) is 35.2 Å². The molecule has 0 saturated carbocycles. The summed E-state index contributed by atoms with van der Waals surface area (Å²) < 4.78 is 2.71. The van der Waals surface area contributed by atoms with E-state index in [1.54, 1.807) is 31.2 Å². The van der Waals surface area contributed by atoms with Crippen LogP contribution >= 0.6 is 11.6 Å². The first-order chi connectivity index (χ1) is 15.7. The van der Waals surface area contributed by atoms with Crippen LogP contribution in [0.3, 0.4) is 0 Å². The number of nitrogens with one attached hydrogen (secondary N) is 2. The van der Waals surface area contributed by atoms with Gasteiger partial charge in [0.05, 0.1) is 10.9 Å². The fraction of sp³-hybridized carbons (Fsp3) is 0.348. The smallest absolute Gasteiger partial charge is 0.331 e. The number of nitrogens with zero attached hydrogens (tertiary/aromatic N) is 3. The number of amides is 2. The molecule has 0 fully saturated rings. The molecule has 33 heavy (non-hydrogen) atoms. The van der Waals surface area contributed by atoms with Crippen LogP contribution in [0.15, 0.2) is 46.1 Å². The molecule has 0 spiro atoms. The minimum absolute atomic E-state index is 0.130. The minimum atomic E-state index is -0.384. The highest BCUT2D eigenvalue weighted by Gasteiger charge is 2.15. The van der Waals surface area contributed by atoms with Gasteiger partial charge in [-0.05, 0) is 50.1 Å². The van der Waals surface area contributed by atoms with Gasteiger partial charge in [0.25, 0.3) is 11.5 Å². The molecule has 0 radical (unpaired) electrons. The molecule has 2 amide bonds. The molecule has 10 heteroatoms. The van der Waals surface area contributed by atoms with Gasteiger partial charge in [-0.25, -0.2) is 9.78 Å². The Morgan fingerprint density at radius 1 is 1.09 bits per heavy atom. The van der Waals surface area contributed by atoms with Crippen LogP contribution in [0.25, 0.3) is 10.9 Å². The molecule has 0 bridgehead atoms. The molecule has 0 aliphatic carbocycles. The summed E-state index contributed by atoms with van der Waals surface area (Å²) in [5, 5.41) is 6.17. The van der Waals surface area contributed by atoms with Crippen molar-refractivity contribution >= 4 is 40.0 Å². The summed E-state index contributed by atoms with van der Waals surface area (Å²) in [5.74, 6) is -0.674. The third kappa shape index (κ3) is 5.48. The molecule has 0 saturated heterocycles. The number of benzene rings is 1. The normalized spacial score (nSPS) is 11.9. The molecule has 1 unspecified atom stereocenters. The van der Waals surface area contributed by atoms with E-state index in [0.717, 1.165) is 0 Å². The van der Waals surface area contributed by atoms with Crippen LogP contribution in [0.1, 0.15) is 37.6 Å². The quantitative estimate of drug-likeness (QED) is 0.490. The highest BCUT2D eigenvalue weighted by atomic mass is 35.5. The predicted octanol–water partition coefficient (Wildman–Crippen LogP) is 2.65. The third-order valence-corrected chi connectivity index (χ3v) is 5.48. The summed E-state index contributed by atoms with van der Waals surface area (Å²) in [6.07, 6.45) is 1.62. The lowest BCUT2D eigenvalue weighted by molar-refractivity contribution is -0.116. The molecule has 2 aromatic heterocycles. The molecular weight excluding hydrogens is 446 g/mol. The second-order valence-corrected chi connectivity index (χ2v) is 8.13. The summed E-state index contributed by atoms with van der Waals surface area (Å²) in [6.45, 7) is 6.41. The standard InChI is InChI=1S/C23H26ClN5O4/c1-4-28-18-7-6-16(12-17(18)22(32)29(5-2)23(28)33)27-20(30)10-14(3)13-26-21(31)15-8-9-25-19(24)11-15/h6-9,11-12,14H,4-5,10,13H2,1-3H3,(H,26,31)(H,27,30). The van der Waals surface area contributed by atoms with Gasteiger partial charge in [-0.1, -0.05) is 18.5 Å². The number of carbonyl (C=O) groups excluding carboxylic acids is 2. The van der Waals surface area contributed by atoms with Crippen molar-refractivity contribution in [2.24, 2.45) is 5.92 Å². The van der Waals surface area contributed by atoms with Gasteiger partial charge in [-0.15, -0.1) is 0 Å². The van der Waals surface area contributed by atoms with Crippen molar-refractivity contribution in [1.82, 2.24) is 19.4 Å². The van der Waals surface area contributed by atoms with Crippen LogP contribution in [0.5, 0.6) is 0 Å². The zero-order chi connectivity index (χ0) is 24.1. The maximum absolute atomic E-state index is 12.7. The van der Waals surface area contributed by atoms with Gasteiger partial charge in [-0.3, -0.25) is 23.5 Å². The van der Waals surface area contributed by atoms with Gasteiger partial charge in [0.1, 0.15) is 5.15 Å². The van der Waals surface area contributed by atoms with Crippen LogP contribution in [-0.2, 0) is 17.9 Å². The van der Waals surface area contributed by atoms with Crippen molar-refractivity contribution in [3.8, 4) is 0 Å². The summed E-state index contributed by atoms with van der Waals surface area (Å²) >= 11 is 5.80. The lowest BCUT2D eigenvalue weighted by atomic mass is 10.1. The number of hydrogen-bond acceptors (Lipinski definition) is 5. The van der Waals surface area contributed by atoms with E-state index < -0.39 is 0 Å². The monoisotopic (exact) mass is 471 g/mol. The van der Waals surface area contributed by atoms with Crippen molar-refractivity contribution in [2.75, 3.05) is 11.9 Å². The van der Waals surface area contributed by atoms with Gasteiger partial charge in [-0.2, -0.15) is 0 Å². The number of aromatic nitrogens is 3. The summed E-state index contributed by atoms with van der Waals surface area (Å²) in [4.78, 5) is 53.8. The number of halogens is 1. The second kappa shape index (κ2) is 10.4. The Bertz CT molecular complexity index is 1310. The molecule has 1 aromatic carbocycles. The van der Waals surface area contributed by atoms with Crippen molar-refractivity contribution in [1.29, 1.82) is 0 Å². The molecule has 174 valence electrons. The fourth-order valence-corrected chi connectivity index (χ4v) is 3.77. The molecule has 2 N–H and O–H groups in total. The first-order valence-electron chi connectivity index (χ1n) is 10.7. The second-order valence-electron chi connectivity index (χ2n) is 7.74. The molecule has 0 aliphatic heterocycles. The zero-order valence-electron chi connectivity index (χ0n) is 18.7. The van der Waals surface area contributed by atoms with Gasteiger partial charge in [0.15, 0.2) is 0 Å². The van der Waals surface area contributed by atoms with E-state index in [1.165, 1.54) is 21.4 Å². The fourth-order valence-electron chi connectivity index (χ4n) is 3.60. The Hall–Kier alpha value is -3.46.